The molecule has 1 aliphatic heterocycles. The van der Waals surface area contributed by atoms with E-state index in [1.807, 2.05) is 78.9 Å². The molecule has 0 saturated carbocycles. The molecular weight excluding hydrogens is 396 g/mol. The van der Waals surface area contributed by atoms with Gasteiger partial charge >= 0.3 is 5.97 Å². The van der Waals surface area contributed by atoms with E-state index in [1.54, 1.807) is 7.11 Å². The summed E-state index contributed by atoms with van der Waals surface area (Å²) in [5.74, 6) is 0.486. The van der Waals surface area contributed by atoms with E-state index >= 15 is 0 Å². The molecule has 0 amide bonds. The monoisotopic (exact) mass is 416 g/mol. The number of rotatable bonds is 3. The molecule has 0 radical (unpaired) electrons. The maximum absolute atomic E-state index is 13.1. The van der Waals surface area contributed by atoms with Crippen molar-refractivity contribution in [2.24, 2.45) is 0 Å². The van der Waals surface area contributed by atoms with Gasteiger partial charge in [-0.2, -0.15) is 0 Å². The van der Waals surface area contributed by atoms with Crippen LogP contribution >= 0.6 is 0 Å². The SMILES string of the molecule is COc1ccc(C2=C(c3ccccc3)c3ccccc3C23OC(=O)c2ccccc23)cc1. The maximum atomic E-state index is 13.1. The number of methoxy groups -OCH3 is 1. The molecule has 0 bridgehead atoms. The van der Waals surface area contributed by atoms with E-state index in [0.29, 0.717) is 5.56 Å². The van der Waals surface area contributed by atoms with E-state index in [1.165, 1.54) is 0 Å². The summed E-state index contributed by atoms with van der Waals surface area (Å²) in [6.45, 7) is 0. The van der Waals surface area contributed by atoms with E-state index in [4.69, 9.17) is 9.47 Å². The number of fused-ring (bicyclic) bond motifs is 4. The van der Waals surface area contributed by atoms with Gasteiger partial charge in [0.25, 0.3) is 0 Å². The van der Waals surface area contributed by atoms with Crippen molar-refractivity contribution in [1.29, 1.82) is 0 Å². The van der Waals surface area contributed by atoms with Gasteiger partial charge in [0.2, 0.25) is 0 Å². The van der Waals surface area contributed by atoms with Crippen LogP contribution in [0.25, 0.3) is 11.1 Å². The highest BCUT2D eigenvalue weighted by Gasteiger charge is 2.55. The Balaban J connectivity index is 1.75. The first-order valence-corrected chi connectivity index (χ1v) is 10.6. The van der Waals surface area contributed by atoms with Crippen molar-refractivity contribution in [3.63, 3.8) is 0 Å². The van der Waals surface area contributed by atoms with Crippen LogP contribution in [0.4, 0.5) is 0 Å². The van der Waals surface area contributed by atoms with Gasteiger partial charge in [0.05, 0.1) is 12.7 Å². The summed E-state index contributed by atoms with van der Waals surface area (Å²) in [4.78, 5) is 13.1. The van der Waals surface area contributed by atoms with Crippen LogP contribution in [0.3, 0.4) is 0 Å². The summed E-state index contributed by atoms with van der Waals surface area (Å²) >= 11 is 0. The standard InChI is InChI=1S/C29H20O3/c1-31-21-17-15-20(16-18-21)27-26(19-9-3-2-4-10-19)22-11-5-7-13-24(22)29(27)25-14-8-6-12-23(25)28(30)32-29/h2-18H,1H3. The van der Waals surface area contributed by atoms with Crippen LogP contribution in [0.2, 0.25) is 0 Å². The van der Waals surface area contributed by atoms with Gasteiger partial charge in [-0.25, -0.2) is 4.79 Å². The molecule has 3 nitrogen and oxygen atoms in total. The van der Waals surface area contributed by atoms with Crippen molar-refractivity contribution in [3.8, 4) is 5.75 Å². The molecule has 3 heteroatoms. The molecule has 2 aliphatic rings. The van der Waals surface area contributed by atoms with Crippen LogP contribution in [0, 0.1) is 0 Å². The average molecular weight is 416 g/mol. The number of hydrogen-bond acceptors (Lipinski definition) is 3. The zero-order valence-corrected chi connectivity index (χ0v) is 17.5. The van der Waals surface area contributed by atoms with Gasteiger partial charge < -0.3 is 9.47 Å². The number of hydrogen-bond donors (Lipinski definition) is 0. The van der Waals surface area contributed by atoms with Crippen molar-refractivity contribution < 1.29 is 14.3 Å². The van der Waals surface area contributed by atoms with E-state index in [9.17, 15) is 4.79 Å². The van der Waals surface area contributed by atoms with Crippen LogP contribution in [0.15, 0.2) is 103 Å². The zero-order chi connectivity index (χ0) is 21.7. The number of benzene rings is 4. The van der Waals surface area contributed by atoms with E-state index in [2.05, 4.69) is 24.3 Å². The summed E-state index contributed by atoms with van der Waals surface area (Å²) in [7, 11) is 1.66. The van der Waals surface area contributed by atoms with Gasteiger partial charge in [0, 0.05) is 16.7 Å². The summed E-state index contributed by atoms with van der Waals surface area (Å²) in [6.07, 6.45) is 0. The minimum atomic E-state index is -0.996. The van der Waals surface area contributed by atoms with Crippen LogP contribution in [-0.4, -0.2) is 13.1 Å². The molecule has 1 aliphatic carbocycles. The van der Waals surface area contributed by atoms with Crippen LogP contribution in [0.1, 0.15) is 38.2 Å². The van der Waals surface area contributed by atoms with Crippen LogP contribution < -0.4 is 4.74 Å². The minimum absolute atomic E-state index is 0.296. The Morgan fingerprint density at radius 3 is 1.94 bits per heavy atom. The van der Waals surface area contributed by atoms with Gasteiger partial charge in [-0.15, -0.1) is 0 Å². The van der Waals surface area contributed by atoms with Gasteiger partial charge in [-0.05, 0) is 40.5 Å². The van der Waals surface area contributed by atoms with E-state index in [0.717, 1.165) is 44.7 Å². The number of esters is 1. The quantitative estimate of drug-likeness (QED) is 0.380. The van der Waals surface area contributed by atoms with Gasteiger partial charge in [0.1, 0.15) is 5.75 Å². The lowest BCUT2D eigenvalue weighted by Gasteiger charge is -2.29. The number of carbonyl (C=O) groups excluding carboxylic acids is 1. The largest absolute Gasteiger partial charge is 0.497 e. The first-order chi connectivity index (χ1) is 15.7. The average Bonchev–Trinajstić information content (AvgIpc) is 3.32. The topological polar surface area (TPSA) is 35.5 Å². The van der Waals surface area contributed by atoms with Crippen molar-refractivity contribution in [2.45, 2.75) is 5.60 Å². The van der Waals surface area contributed by atoms with Crippen LogP contribution in [-0.2, 0) is 10.3 Å². The Labute approximate surface area is 186 Å². The molecule has 0 saturated heterocycles. The molecule has 32 heavy (non-hydrogen) atoms. The Morgan fingerprint density at radius 2 is 1.25 bits per heavy atom. The highest BCUT2D eigenvalue weighted by atomic mass is 16.6. The summed E-state index contributed by atoms with van der Waals surface area (Å²) in [6, 6.07) is 34.2. The molecule has 1 unspecified atom stereocenters. The normalized spacial score (nSPS) is 18.5. The van der Waals surface area contributed by atoms with Gasteiger partial charge in [0.15, 0.2) is 5.60 Å². The first kappa shape index (κ1) is 18.6. The highest BCUT2D eigenvalue weighted by Crippen LogP contribution is 2.60. The maximum Gasteiger partial charge on any atom is 0.340 e. The third-order valence-electron chi connectivity index (χ3n) is 6.39. The number of ether oxygens (including phenoxy) is 2. The second-order valence-corrected chi connectivity index (χ2v) is 8.01. The summed E-state index contributed by atoms with van der Waals surface area (Å²) < 4.78 is 11.7. The molecule has 0 N–H and O–H groups in total. The van der Waals surface area contributed by atoms with Crippen molar-refractivity contribution in [2.75, 3.05) is 7.11 Å². The third kappa shape index (κ3) is 2.45. The molecule has 0 fully saturated rings. The Morgan fingerprint density at radius 1 is 0.656 bits per heavy atom. The minimum Gasteiger partial charge on any atom is -0.497 e. The molecule has 154 valence electrons. The highest BCUT2D eigenvalue weighted by molar-refractivity contribution is 6.12. The Kier molecular flexibility index (Phi) is 4.05. The lowest BCUT2D eigenvalue weighted by atomic mass is 9.79. The lowest BCUT2D eigenvalue weighted by Crippen LogP contribution is -2.27. The third-order valence-corrected chi connectivity index (χ3v) is 6.39. The van der Waals surface area contributed by atoms with Crippen LogP contribution in [0.5, 0.6) is 5.75 Å². The van der Waals surface area contributed by atoms with Crippen molar-refractivity contribution in [1.82, 2.24) is 0 Å². The molecule has 4 aromatic rings. The fourth-order valence-corrected chi connectivity index (χ4v) is 5.07. The molecule has 1 atom stereocenters. The fourth-order valence-electron chi connectivity index (χ4n) is 5.07. The summed E-state index contributed by atoms with van der Waals surface area (Å²) in [5.41, 5.74) is 6.70. The molecule has 1 heterocycles. The second-order valence-electron chi connectivity index (χ2n) is 8.01. The summed E-state index contributed by atoms with van der Waals surface area (Å²) in [5, 5.41) is 0. The molecule has 6 rings (SSSR count). The zero-order valence-electron chi connectivity index (χ0n) is 17.5. The molecule has 0 aromatic heterocycles. The number of carbonyl (C=O) groups is 1. The Hall–Kier alpha value is -4.11. The lowest BCUT2D eigenvalue weighted by molar-refractivity contribution is 0.0310. The van der Waals surface area contributed by atoms with E-state index < -0.39 is 5.60 Å². The predicted octanol–water partition coefficient (Wildman–Crippen LogP) is 6.08. The van der Waals surface area contributed by atoms with Gasteiger partial charge in [-0.1, -0.05) is 84.9 Å². The van der Waals surface area contributed by atoms with Crippen molar-refractivity contribution in [3.05, 3.63) is 137 Å². The molecular formula is C29H20O3. The molecule has 1 spiro atoms. The Bertz CT molecular complexity index is 1380. The van der Waals surface area contributed by atoms with Crippen molar-refractivity contribution >= 4 is 17.1 Å². The first-order valence-electron chi connectivity index (χ1n) is 10.6. The predicted molar refractivity (Wildman–Crippen MR) is 124 cm³/mol. The smallest absolute Gasteiger partial charge is 0.340 e. The van der Waals surface area contributed by atoms with E-state index in [-0.39, 0.29) is 5.97 Å². The van der Waals surface area contributed by atoms with Gasteiger partial charge in [-0.3, -0.25) is 0 Å². The second kappa shape index (κ2) is 6.96. The fraction of sp³-hybridized carbons (Fsp3) is 0.0690. The molecule has 4 aromatic carbocycles.